The van der Waals surface area contributed by atoms with Crippen molar-refractivity contribution in [2.45, 2.75) is 20.8 Å². The van der Waals surface area contributed by atoms with Crippen molar-refractivity contribution < 1.29 is 9.59 Å². The first kappa shape index (κ1) is 19.6. The Labute approximate surface area is 168 Å². The summed E-state index contributed by atoms with van der Waals surface area (Å²) in [6.45, 7) is 5.36. The van der Waals surface area contributed by atoms with Gasteiger partial charge >= 0.3 is 0 Å². The van der Waals surface area contributed by atoms with E-state index in [1.807, 2.05) is 32.0 Å². The zero-order chi connectivity index (χ0) is 20.3. The van der Waals surface area contributed by atoms with Crippen molar-refractivity contribution in [1.29, 1.82) is 0 Å². The predicted molar refractivity (Wildman–Crippen MR) is 113 cm³/mol. The molecule has 0 aliphatic heterocycles. The molecule has 0 bridgehead atoms. The molecule has 0 atom stereocenters. The van der Waals surface area contributed by atoms with Crippen LogP contribution in [0, 0.1) is 13.8 Å². The van der Waals surface area contributed by atoms with Gasteiger partial charge in [-0.25, -0.2) is 4.98 Å². The molecule has 2 N–H and O–H groups in total. The number of hydrogen-bond donors (Lipinski definition) is 2. The Balaban J connectivity index is 1.80. The average molecular weight is 394 g/mol. The minimum Gasteiger partial charge on any atom is -0.340 e. The zero-order valence-electron chi connectivity index (χ0n) is 15.8. The number of aryl methyl sites for hydroxylation is 2. The minimum absolute atomic E-state index is 0.0184. The SMILES string of the molecule is CC(=O)c1cccc(Nc2cc(C(=O)Nc3c(C)cc(C)cc3Cl)ccn2)c1. The molecule has 5 nitrogen and oxygen atoms in total. The third-order valence-corrected chi connectivity index (χ3v) is 4.53. The molecule has 0 aliphatic carbocycles. The molecule has 1 amide bonds. The van der Waals surface area contributed by atoms with E-state index in [0.717, 1.165) is 16.8 Å². The second-order valence-electron chi connectivity index (χ2n) is 6.58. The van der Waals surface area contributed by atoms with Crippen LogP contribution in [0.15, 0.2) is 54.7 Å². The van der Waals surface area contributed by atoms with Gasteiger partial charge in [0.25, 0.3) is 5.91 Å². The van der Waals surface area contributed by atoms with Gasteiger partial charge in [0.2, 0.25) is 0 Å². The number of nitrogens with zero attached hydrogens (tertiary/aromatic N) is 1. The normalized spacial score (nSPS) is 10.4. The van der Waals surface area contributed by atoms with Crippen LogP contribution in [-0.2, 0) is 0 Å². The van der Waals surface area contributed by atoms with E-state index in [9.17, 15) is 9.59 Å². The molecule has 142 valence electrons. The van der Waals surface area contributed by atoms with Crippen LogP contribution in [0.25, 0.3) is 0 Å². The van der Waals surface area contributed by atoms with Gasteiger partial charge in [-0.05, 0) is 62.2 Å². The fourth-order valence-electron chi connectivity index (χ4n) is 2.86. The van der Waals surface area contributed by atoms with Gasteiger partial charge in [0.1, 0.15) is 5.82 Å². The highest BCUT2D eigenvalue weighted by Crippen LogP contribution is 2.28. The molecule has 2 aromatic carbocycles. The average Bonchev–Trinajstić information content (AvgIpc) is 2.65. The van der Waals surface area contributed by atoms with E-state index >= 15 is 0 Å². The van der Waals surface area contributed by atoms with Crippen molar-refractivity contribution in [3.63, 3.8) is 0 Å². The first-order chi connectivity index (χ1) is 13.3. The number of nitrogens with one attached hydrogen (secondary N) is 2. The van der Waals surface area contributed by atoms with Gasteiger partial charge < -0.3 is 10.6 Å². The number of benzene rings is 2. The maximum absolute atomic E-state index is 12.7. The van der Waals surface area contributed by atoms with Gasteiger partial charge in [-0.3, -0.25) is 9.59 Å². The lowest BCUT2D eigenvalue weighted by Crippen LogP contribution is -2.14. The molecule has 0 aliphatic rings. The number of anilines is 3. The largest absolute Gasteiger partial charge is 0.340 e. The van der Waals surface area contributed by atoms with E-state index in [-0.39, 0.29) is 11.7 Å². The third kappa shape index (κ3) is 4.56. The van der Waals surface area contributed by atoms with Crippen molar-refractivity contribution >= 4 is 40.5 Å². The molecule has 1 aromatic heterocycles. The number of carbonyl (C=O) groups is 2. The molecule has 3 rings (SSSR count). The summed E-state index contributed by atoms with van der Waals surface area (Å²) in [6, 6.07) is 14.2. The topological polar surface area (TPSA) is 71.1 Å². The quantitative estimate of drug-likeness (QED) is 0.557. The van der Waals surface area contributed by atoms with Crippen LogP contribution >= 0.6 is 11.6 Å². The number of ketones is 1. The fourth-order valence-corrected chi connectivity index (χ4v) is 3.23. The summed E-state index contributed by atoms with van der Waals surface area (Å²) in [6.07, 6.45) is 1.55. The number of carbonyl (C=O) groups excluding carboxylic acids is 2. The van der Waals surface area contributed by atoms with Crippen LogP contribution in [0.4, 0.5) is 17.2 Å². The summed E-state index contributed by atoms with van der Waals surface area (Å²) in [5, 5.41) is 6.48. The Kier molecular flexibility index (Phi) is 5.76. The smallest absolute Gasteiger partial charge is 0.255 e. The molecule has 0 unspecified atom stereocenters. The summed E-state index contributed by atoms with van der Waals surface area (Å²) >= 11 is 6.28. The summed E-state index contributed by atoms with van der Waals surface area (Å²) in [5.74, 6) is 0.201. The van der Waals surface area contributed by atoms with E-state index in [2.05, 4.69) is 15.6 Å². The van der Waals surface area contributed by atoms with Crippen molar-refractivity contribution in [2.24, 2.45) is 0 Å². The molecule has 3 aromatic rings. The van der Waals surface area contributed by atoms with Crippen molar-refractivity contribution in [2.75, 3.05) is 10.6 Å². The highest BCUT2D eigenvalue weighted by molar-refractivity contribution is 6.34. The number of rotatable bonds is 5. The van der Waals surface area contributed by atoms with E-state index in [1.54, 1.807) is 36.5 Å². The lowest BCUT2D eigenvalue weighted by molar-refractivity contribution is 0.101. The Morgan fingerprint density at radius 1 is 1.00 bits per heavy atom. The summed E-state index contributed by atoms with van der Waals surface area (Å²) < 4.78 is 0. The van der Waals surface area contributed by atoms with Crippen LogP contribution < -0.4 is 10.6 Å². The standard InChI is InChI=1S/C22H20ClN3O2/c1-13-9-14(2)21(19(23)10-13)26-22(28)17-7-8-24-20(12-17)25-18-6-4-5-16(11-18)15(3)27/h4-12H,1-3H3,(H,24,25)(H,26,28). The number of halogens is 1. The van der Waals surface area contributed by atoms with E-state index < -0.39 is 0 Å². The van der Waals surface area contributed by atoms with Crippen LogP contribution in [0.1, 0.15) is 38.8 Å². The van der Waals surface area contributed by atoms with Gasteiger partial charge in [0.05, 0.1) is 10.7 Å². The van der Waals surface area contributed by atoms with E-state index in [0.29, 0.717) is 27.7 Å². The van der Waals surface area contributed by atoms with Crippen LogP contribution in [0.5, 0.6) is 0 Å². The number of hydrogen-bond acceptors (Lipinski definition) is 4. The molecule has 0 spiro atoms. The highest BCUT2D eigenvalue weighted by Gasteiger charge is 2.12. The first-order valence-corrected chi connectivity index (χ1v) is 9.13. The number of Topliss-reactive ketones (excluding diaryl/α,β-unsaturated/α-hetero) is 1. The molecule has 1 heterocycles. The van der Waals surface area contributed by atoms with Gasteiger partial charge in [-0.1, -0.05) is 29.8 Å². The van der Waals surface area contributed by atoms with Crippen molar-refractivity contribution in [1.82, 2.24) is 4.98 Å². The lowest BCUT2D eigenvalue weighted by Gasteiger charge is -2.12. The Hall–Kier alpha value is -3.18. The van der Waals surface area contributed by atoms with E-state index in [1.165, 1.54) is 6.92 Å². The number of amides is 1. The maximum atomic E-state index is 12.7. The summed E-state index contributed by atoms with van der Waals surface area (Å²) in [4.78, 5) is 28.5. The first-order valence-electron chi connectivity index (χ1n) is 8.75. The summed E-state index contributed by atoms with van der Waals surface area (Å²) in [5.41, 5.74) is 4.28. The Morgan fingerprint density at radius 2 is 1.79 bits per heavy atom. The Morgan fingerprint density at radius 3 is 2.50 bits per heavy atom. The molecular weight excluding hydrogens is 374 g/mol. The van der Waals surface area contributed by atoms with Gasteiger partial charge in [-0.15, -0.1) is 0 Å². The second kappa shape index (κ2) is 8.23. The van der Waals surface area contributed by atoms with Crippen LogP contribution in [0.3, 0.4) is 0 Å². The molecule has 0 radical (unpaired) electrons. The van der Waals surface area contributed by atoms with Gasteiger partial charge in [0.15, 0.2) is 5.78 Å². The zero-order valence-corrected chi connectivity index (χ0v) is 16.6. The Bertz CT molecular complexity index is 1040. The molecular formula is C22H20ClN3O2. The molecule has 0 saturated carbocycles. The maximum Gasteiger partial charge on any atom is 0.255 e. The lowest BCUT2D eigenvalue weighted by atomic mass is 10.1. The molecule has 6 heteroatoms. The summed E-state index contributed by atoms with van der Waals surface area (Å²) in [7, 11) is 0. The number of pyridine rings is 1. The van der Waals surface area contributed by atoms with Crippen molar-refractivity contribution in [3.8, 4) is 0 Å². The predicted octanol–water partition coefficient (Wildman–Crippen LogP) is 5.55. The second-order valence-corrected chi connectivity index (χ2v) is 6.99. The molecule has 0 saturated heterocycles. The van der Waals surface area contributed by atoms with E-state index in [4.69, 9.17) is 11.6 Å². The fraction of sp³-hybridized carbons (Fsp3) is 0.136. The van der Waals surface area contributed by atoms with Gasteiger partial charge in [0, 0.05) is 23.0 Å². The molecule has 28 heavy (non-hydrogen) atoms. The minimum atomic E-state index is -0.281. The third-order valence-electron chi connectivity index (χ3n) is 4.23. The molecule has 0 fully saturated rings. The monoisotopic (exact) mass is 393 g/mol. The number of aromatic nitrogens is 1. The van der Waals surface area contributed by atoms with Crippen molar-refractivity contribution in [3.05, 3.63) is 82.0 Å². The van der Waals surface area contributed by atoms with Gasteiger partial charge in [-0.2, -0.15) is 0 Å². The van der Waals surface area contributed by atoms with Crippen LogP contribution in [0.2, 0.25) is 5.02 Å². The van der Waals surface area contributed by atoms with Crippen LogP contribution in [-0.4, -0.2) is 16.7 Å². The highest BCUT2D eigenvalue weighted by atomic mass is 35.5.